The van der Waals surface area contributed by atoms with E-state index in [-0.39, 0.29) is 5.56 Å². The summed E-state index contributed by atoms with van der Waals surface area (Å²) in [4.78, 5) is 10.7. The molecule has 3 N–H and O–H groups in total. The molecule has 5 nitrogen and oxygen atoms in total. The fourth-order valence-corrected chi connectivity index (χ4v) is 1.65. The van der Waals surface area contributed by atoms with Gasteiger partial charge in [0.2, 0.25) is 0 Å². The molecule has 20 heavy (non-hydrogen) atoms. The number of rotatable bonds is 5. The van der Waals surface area contributed by atoms with E-state index in [1.807, 2.05) is 0 Å². The second-order valence-corrected chi connectivity index (χ2v) is 4.23. The van der Waals surface area contributed by atoms with E-state index in [1.165, 1.54) is 12.1 Å². The highest BCUT2D eigenvalue weighted by Gasteiger charge is 2.04. The number of hydrogen-bond acceptors (Lipinski definition) is 4. The number of carboxylic acids is 1. The molecule has 104 valence electrons. The maximum absolute atomic E-state index is 10.7. The molecule has 0 unspecified atom stereocenters. The average molecular weight is 274 g/mol. The van der Waals surface area contributed by atoms with E-state index in [0.29, 0.717) is 17.9 Å². The van der Waals surface area contributed by atoms with Gasteiger partial charge in [-0.3, -0.25) is 0 Å². The molecule has 0 saturated heterocycles. The van der Waals surface area contributed by atoms with Crippen molar-refractivity contribution in [1.29, 1.82) is 0 Å². The Labute approximate surface area is 115 Å². The molecule has 2 rings (SSSR count). The molecule has 0 aliphatic rings. The first-order chi connectivity index (χ1) is 9.56. The molecule has 0 spiro atoms. The van der Waals surface area contributed by atoms with E-state index >= 15 is 0 Å². The molecule has 0 atom stereocenters. The highest BCUT2D eigenvalue weighted by atomic mass is 16.5. The highest BCUT2D eigenvalue weighted by Crippen LogP contribution is 2.16. The molecule has 0 bridgehead atoms. The number of aliphatic hydroxyl groups is 2. The smallest absolute Gasteiger partial charge is 0.335 e. The van der Waals surface area contributed by atoms with Crippen LogP contribution in [0.25, 0.3) is 0 Å². The molecule has 0 fully saturated rings. The molecule has 0 amide bonds. The Hall–Kier alpha value is -2.37. The maximum atomic E-state index is 10.7. The molecule has 0 radical (unpaired) electrons. The fraction of sp³-hybridized carbons (Fsp3) is 0.133. The second kappa shape index (κ2) is 6.18. The number of carboxylic acid groups (broad SMARTS) is 1. The van der Waals surface area contributed by atoms with Crippen LogP contribution in [0.4, 0.5) is 0 Å². The van der Waals surface area contributed by atoms with Crippen LogP contribution in [0, 0.1) is 0 Å². The second-order valence-electron chi connectivity index (χ2n) is 4.23. The fourth-order valence-electron chi connectivity index (χ4n) is 1.65. The first-order valence-electron chi connectivity index (χ1n) is 5.97. The van der Waals surface area contributed by atoms with Gasteiger partial charge in [0.15, 0.2) is 6.29 Å². The predicted molar refractivity (Wildman–Crippen MR) is 71.4 cm³/mol. The lowest BCUT2D eigenvalue weighted by Crippen LogP contribution is -1.99. The summed E-state index contributed by atoms with van der Waals surface area (Å²) in [5.41, 5.74) is 1.50. The summed E-state index contributed by atoms with van der Waals surface area (Å²) in [6.07, 6.45) is -1.48. The highest BCUT2D eigenvalue weighted by molar-refractivity contribution is 5.87. The number of benzene rings is 2. The van der Waals surface area contributed by atoms with Gasteiger partial charge >= 0.3 is 5.97 Å². The first kappa shape index (κ1) is 14.0. The van der Waals surface area contributed by atoms with Crippen LogP contribution < -0.4 is 4.74 Å². The number of aliphatic hydroxyl groups excluding tert-OH is 1. The van der Waals surface area contributed by atoms with E-state index in [9.17, 15) is 4.79 Å². The summed E-state index contributed by atoms with van der Waals surface area (Å²) < 4.78 is 5.51. The van der Waals surface area contributed by atoms with Crippen LogP contribution >= 0.6 is 0 Å². The van der Waals surface area contributed by atoms with E-state index in [4.69, 9.17) is 20.1 Å². The summed E-state index contributed by atoms with van der Waals surface area (Å²) in [7, 11) is 0. The molecular formula is C15H14O5. The molecule has 0 saturated carbocycles. The van der Waals surface area contributed by atoms with Crippen LogP contribution in [-0.2, 0) is 6.61 Å². The Kier molecular flexibility index (Phi) is 4.34. The van der Waals surface area contributed by atoms with Crippen LogP contribution in [0.15, 0.2) is 48.5 Å². The molecule has 0 aliphatic heterocycles. The average Bonchev–Trinajstić information content (AvgIpc) is 2.46. The normalized spacial score (nSPS) is 10.6. The van der Waals surface area contributed by atoms with Crippen LogP contribution in [0.3, 0.4) is 0 Å². The Morgan fingerprint density at radius 3 is 2.10 bits per heavy atom. The lowest BCUT2D eigenvalue weighted by atomic mass is 10.1. The quantitative estimate of drug-likeness (QED) is 0.725. The van der Waals surface area contributed by atoms with E-state index < -0.39 is 12.3 Å². The summed E-state index contributed by atoms with van der Waals surface area (Å²) in [6.45, 7) is 0.314. The first-order valence-corrected chi connectivity index (χ1v) is 5.97. The molecule has 0 aromatic heterocycles. The van der Waals surface area contributed by atoms with E-state index in [2.05, 4.69) is 0 Å². The number of aromatic carboxylic acids is 1. The van der Waals surface area contributed by atoms with Gasteiger partial charge in [0.05, 0.1) is 5.56 Å². The minimum Gasteiger partial charge on any atom is -0.489 e. The zero-order chi connectivity index (χ0) is 14.5. The van der Waals surface area contributed by atoms with Crippen molar-refractivity contribution < 1.29 is 24.9 Å². The minimum atomic E-state index is -1.48. The Morgan fingerprint density at radius 1 is 1.00 bits per heavy atom. The van der Waals surface area contributed by atoms with Crippen molar-refractivity contribution in [2.75, 3.05) is 0 Å². The van der Waals surface area contributed by atoms with Gasteiger partial charge < -0.3 is 20.1 Å². The maximum Gasteiger partial charge on any atom is 0.335 e. The van der Waals surface area contributed by atoms with Crippen molar-refractivity contribution in [2.45, 2.75) is 12.9 Å². The molecule has 0 aliphatic carbocycles. The lowest BCUT2D eigenvalue weighted by Gasteiger charge is -2.08. The van der Waals surface area contributed by atoms with Crippen molar-refractivity contribution >= 4 is 5.97 Å². The molecular weight excluding hydrogens is 260 g/mol. The number of ether oxygens (including phenoxy) is 1. The SMILES string of the molecule is O=C(O)c1ccc(OCc2ccc(C(O)O)cc2)cc1. The summed E-state index contributed by atoms with van der Waals surface area (Å²) in [5.74, 6) is -0.407. The van der Waals surface area contributed by atoms with Gasteiger partial charge in [0.25, 0.3) is 0 Å². The Bertz CT molecular complexity index is 572. The van der Waals surface area contributed by atoms with Crippen LogP contribution in [-0.4, -0.2) is 21.3 Å². The Morgan fingerprint density at radius 2 is 1.60 bits per heavy atom. The summed E-state index contributed by atoms with van der Waals surface area (Å²) >= 11 is 0. The summed E-state index contributed by atoms with van der Waals surface area (Å²) in [6, 6.07) is 12.8. The van der Waals surface area contributed by atoms with Gasteiger partial charge in [-0.05, 0) is 29.8 Å². The number of hydrogen-bond donors (Lipinski definition) is 3. The third kappa shape index (κ3) is 3.57. The molecule has 5 heteroatoms. The van der Waals surface area contributed by atoms with Gasteiger partial charge in [0.1, 0.15) is 12.4 Å². The van der Waals surface area contributed by atoms with Crippen LogP contribution in [0.2, 0.25) is 0 Å². The van der Waals surface area contributed by atoms with Gasteiger partial charge in [-0.2, -0.15) is 0 Å². The van der Waals surface area contributed by atoms with Gasteiger partial charge in [-0.25, -0.2) is 4.79 Å². The molecule has 0 heterocycles. The number of carbonyl (C=O) groups is 1. The molecule has 2 aromatic rings. The molecule has 2 aromatic carbocycles. The van der Waals surface area contributed by atoms with E-state index in [1.54, 1.807) is 36.4 Å². The zero-order valence-electron chi connectivity index (χ0n) is 10.6. The van der Waals surface area contributed by atoms with E-state index in [0.717, 1.165) is 5.56 Å². The van der Waals surface area contributed by atoms with Crippen molar-refractivity contribution in [3.05, 3.63) is 65.2 Å². The zero-order valence-corrected chi connectivity index (χ0v) is 10.6. The van der Waals surface area contributed by atoms with Gasteiger partial charge in [0, 0.05) is 5.56 Å². The van der Waals surface area contributed by atoms with Crippen LogP contribution in [0.5, 0.6) is 5.75 Å². The van der Waals surface area contributed by atoms with Crippen LogP contribution in [0.1, 0.15) is 27.8 Å². The Balaban J connectivity index is 1.96. The van der Waals surface area contributed by atoms with Crippen molar-refractivity contribution in [3.8, 4) is 5.75 Å². The van der Waals surface area contributed by atoms with Gasteiger partial charge in [-0.1, -0.05) is 24.3 Å². The third-order valence-corrected chi connectivity index (χ3v) is 2.78. The third-order valence-electron chi connectivity index (χ3n) is 2.78. The monoisotopic (exact) mass is 274 g/mol. The standard InChI is InChI=1S/C15H14O5/c16-14(17)11-3-1-10(2-4-11)9-20-13-7-5-12(6-8-13)15(18)19/h1-8,14,16-17H,9H2,(H,18,19). The van der Waals surface area contributed by atoms with Crippen molar-refractivity contribution in [2.24, 2.45) is 0 Å². The summed E-state index contributed by atoms with van der Waals surface area (Å²) in [5, 5.41) is 26.7. The topological polar surface area (TPSA) is 87.0 Å². The lowest BCUT2D eigenvalue weighted by molar-refractivity contribution is -0.0425. The van der Waals surface area contributed by atoms with Crippen molar-refractivity contribution in [3.63, 3.8) is 0 Å². The van der Waals surface area contributed by atoms with Gasteiger partial charge in [-0.15, -0.1) is 0 Å². The predicted octanol–water partition coefficient (Wildman–Crippen LogP) is 1.95. The van der Waals surface area contributed by atoms with Crippen molar-refractivity contribution in [1.82, 2.24) is 0 Å². The largest absolute Gasteiger partial charge is 0.489 e. The minimum absolute atomic E-state index is 0.207.